The standard InChI is InChI=1S/C23H19N3O2/c1-15-21-18(23(27)26-13-7-11-17-10-5-6-12-20(17)26)14-19(24-22(21)28-25-15)16-8-3-2-4-9-16/h2-6,8-10,12,14H,7,11,13H2,1H3. The van der Waals surface area contributed by atoms with Gasteiger partial charge in [0.25, 0.3) is 11.6 Å². The zero-order valence-electron chi connectivity index (χ0n) is 15.6. The Bertz CT molecular complexity index is 1180. The Morgan fingerprint density at radius 3 is 2.71 bits per heavy atom. The van der Waals surface area contributed by atoms with Crippen LogP contribution in [0.3, 0.4) is 0 Å². The highest BCUT2D eigenvalue weighted by Gasteiger charge is 2.27. The summed E-state index contributed by atoms with van der Waals surface area (Å²) in [7, 11) is 0. The van der Waals surface area contributed by atoms with Gasteiger partial charge in [0.05, 0.1) is 22.3 Å². The Balaban J connectivity index is 1.68. The third-order valence-corrected chi connectivity index (χ3v) is 5.27. The van der Waals surface area contributed by atoms with Gasteiger partial charge in [0, 0.05) is 17.8 Å². The maximum atomic E-state index is 13.6. The molecular formula is C23H19N3O2. The molecule has 5 nitrogen and oxygen atoms in total. The lowest BCUT2D eigenvalue weighted by Crippen LogP contribution is -2.35. The summed E-state index contributed by atoms with van der Waals surface area (Å²) in [6, 6.07) is 19.8. The topological polar surface area (TPSA) is 59.2 Å². The van der Waals surface area contributed by atoms with Gasteiger partial charge in [-0.2, -0.15) is 0 Å². The summed E-state index contributed by atoms with van der Waals surface area (Å²) in [5, 5.41) is 4.74. The van der Waals surface area contributed by atoms with Crippen LogP contribution in [0.4, 0.5) is 5.69 Å². The van der Waals surface area contributed by atoms with Crippen molar-refractivity contribution in [2.75, 3.05) is 11.4 Å². The fourth-order valence-corrected chi connectivity index (χ4v) is 3.91. The maximum absolute atomic E-state index is 13.6. The monoisotopic (exact) mass is 369 g/mol. The molecule has 5 heteroatoms. The van der Waals surface area contributed by atoms with Gasteiger partial charge in [0.15, 0.2) is 0 Å². The second kappa shape index (κ2) is 6.60. The first kappa shape index (κ1) is 16.7. The van der Waals surface area contributed by atoms with Crippen molar-refractivity contribution in [3.63, 3.8) is 0 Å². The summed E-state index contributed by atoms with van der Waals surface area (Å²) in [6.07, 6.45) is 1.94. The number of fused-ring (bicyclic) bond motifs is 2. The summed E-state index contributed by atoms with van der Waals surface area (Å²) in [5.41, 5.74) is 5.49. The molecule has 0 spiro atoms. The summed E-state index contributed by atoms with van der Waals surface area (Å²) in [5.74, 6) is -0.0389. The zero-order valence-corrected chi connectivity index (χ0v) is 15.6. The molecule has 1 amide bonds. The number of amides is 1. The predicted molar refractivity (Wildman–Crippen MR) is 108 cm³/mol. The van der Waals surface area contributed by atoms with Crippen LogP contribution in [0.25, 0.3) is 22.4 Å². The number of aromatic nitrogens is 2. The van der Waals surface area contributed by atoms with E-state index in [1.54, 1.807) is 0 Å². The Labute approximate surface area is 162 Å². The Hall–Kier alpha value is -3.47. The number of carbonyl (C=O) groups excluding carboxylic acids is 1. The molecule has 2 aromatic heterocycles. The molecule has 3 heterocycles. The number of aryl methyl sites for hydroxylation is 2. The van der Waals surface area contributed by atoms with E-state index in [2.05, 4.69) is 16.2 Å². The minimum absolute atomic E-state index is 0.0389. The number of hydrogen-bond acceptors (Lipinski definition) is 4. The number of hydrogen-bond donors (Lipinski definition) is 0. The van der Waals surface area contributed by atoms with Crippen LogP contribution in [0.1, 0.15) is 28.0 Å². The highest BCUT2D eigenvalue weighted by molar-refractivity contribution is 6.14. The predicted octanol–water partition coefficient (Wildman–Crippen LogP) is 4.79. The Morgan fingerprint density at radius 2 is 1.86 bits per heavy atom. The van der Waals surface area contributed by atoms with Crippen LogP contribution >= 0.6 is 0 Å². The average molecular weight is 369 g/mol. The van der Waals surface area contributed by atoms with Crippen molar-refractivity contribution in [2.45, 2.75) is 19.8 Å². The molecule has 28 heavy (non-hydrogen) atoms. The first-order chi connectivity index (χ1) is 13.7. The molecule has 1 aliphatic heterocycles. The van der Waals surface area contributed by atoms with Gasteiger partial charge in [0.2, 0.25) is 0 Å². The van der Waals surface area contributed by atoms with Gasteiger partial charge in [-0.3, -0.25) is 4.79 Å². The van der Waals surface area contributed by atoms with Crippen LogP contribution in [0.15, 0.2) is 65.2 Å². The molecule has 0 aliphatic carbocycles. The van der Waals surface area contributed by atoms with Gasteiger partial charge in [-0.05, 0) is 37.5 Å². The minimum Gasteiger partial charge on any atom is -0.335 e. The van der Waals surface area contributed by atoms with E-state index in [0.717, 1.165) is 24.1 Å². The van der Waals surface area contributed by atoms with E-state index in [0.29, 0.717) is 34.6 Å². The Kier molecular flexibility index (Phi) is 3.93. The van der Waals surface area contributed by atoms with Crippen LogP contribution in [-0.4, -0.2) is 22.6 Å². The van der Waals surface area contributed by atoms with Gasteiger partial charge in [0.1, 0.15) is 0 Å². The molecule has 0 saturated carbocycles. The molecule has 0 atom stereocenters. The van der Waals surface area contributed by atoms with E-state index >= 15 is 0 Å². The molecule has 138 valence electrons. The van der Waals surface area contributed by atoms with E-state index < -0.39 is 0 Å². The molecule has 0 fully saturated rings. The lowest BCUT2D eigenvalue weighted by Gasteiger charge is -2.29. The van der Waals surface area contributed by atoms with Gasteiger partial charge >= 0.3 is 0 Å². The van der Waals surface area contributed by atoms with Crippen molar-refractivity contribution in [2.24, 2.45) is 0 Å². The van der Waals surface area contributed by atoms with Crippen molar-refractivity contribution in [1.29, 1.82) is 0 Å². The Morgan fingerprint density at radius 1 is 1.07 bits per heavy atom. The number of nitrogens with zero attached hydrogens (tertiary/aromatic N) is 3. The van der Waals surface area contributed by atoms with Gasteiger partial charge in [-0.1, -0.05) is 53.7 Å². The lowest BCUT2D eigenvalue weighted by atomic mass is 9.99. The van der Waals surface area contributed by atoms with Gasteiger partial charge in [-0.25, -0.2) is 4.98 Å². The maximum Gasteiger partial charge on any atom is 0.259 e. The van der Waals surface area contributed by atoms with E-state index in [9.17, 15) is 4.79 Å². The lowest BCUT2D eigenvalue weighted by molar-refractivity contribution is 0.0986. The van der Waals surface area contributed by atoms with E-state index in [1.807, 2.05) is 66.4 Å². The fraction of sp³-hybridized carbons (Fsp3) is 0.174. The van der Waals surface area contributed by atoms with Crippen molar-refractivity contribution >= 4 is 22.7 Å². The number of pyridine rings is 1. The number of carbonyl (C=O) groups is 1. The summed E-state index contributed by atoms with van der Waals surface area (Å²) in [6.45, 7) is 2.54. The number of para-hydroxylation sites is 1. The van der Waals surface area contributed by atoms with Crippen LogP contribution in [0.2, 0.25) is 0 Å². The summed E-state index contributed by atoms with van der Waals surface area (Å²) in [4.78, 5) is 20.1. The average Bonchev–Trinajstić information content (AvgIpc) is 3.13. The molecule has 0 bridgehead atoms. The van der Waals surface area contributed by atoms with Crippen LogP contribution < -0.4 is 4.90 Å². The molecule has 2 aromatic carbocycles. The second-order valence-corrected chi connectivity index (χ2v) is 7.06. The molecule has 0 unspecified atom stereocenters. The molecule has 0 N–H and O–H groups in total. The van der Waals surface area contributed by atoms with Crippen LogP contribution in [0.5, 0.6) is 0 Å². The van der Waals surface area contributed by atoms with E-state index in [1.165, 1.54) is 5.56 Å². The van der Waals surface area contributed by atoms with Crippen molar-refractivity contribution in [1.82, 2.24) is 10.1 Å². The van der Waals surface area contributed by atoms with Gasteiger partial charge < -0.3 is 9.42 Å². The third kappa shape index (κ3) is 2.67. The normalized spacial score (nSPS) is 13.5. The highest BCUT2D eigenvalue weighted by atomic mass is 16.5. The number of benzene rings is 2. The number of rotatable bonds is 2. The highest BCUT2D eigenvalue weighted by Crippen LogP contribution is 2.32. The van der Waals surface area contributed by atoms with E-state index in [4.69, 9.17) is 4.52 Å². The molecule has 5 rings (SSSR count). The smallest absolute Gasteiger partial charge is 0.259 e. The molecule has 0 radical (unpaired) electrons. The molecular weight excluding hydrogens is 350 g/mol. The fourth-order valence-electron chi connectivity index (χ4n) is 3.91. The first-order valence-electron chi connectivity index (χ1n) is 9.44. The van der Waals surface area contributed by atoms with Gasteiger partial charge in [-0.15, -0.1) is 0 Å². The zero-order chi connectivity index (χ0) is 19.1. The van der Waals surface area contributed by atoms with Crippen molar-refractivity contribution in [3.05, 3.63) is 77.5 Å². The summed E-state index contributed by atoms with van der Waals surface area (Å²) < 4.78 is 5.43. The first-order valence-corrected chi connectivity index (χ1v) is 9.44. The molecule has 4 aromatic rings. The second-order valence-electron chi connectivity index (χ2n) is 7.06. The third-order valence-electron chi connectivity index (χ3n) is 5.27. The SMILES string of the molecule is Cc1noc2nc(-c3ccccc3)cc(C(=O)N3CCCc4ccccc43)c12. The van der Waals surface area contributed by atoms with Crippen LogP contribution in [0, 0.1) is 6.92 Å². The summed E-state index contributed by atoms with van der Waals surface area (Å²) >= 11 is 0. The van der Waals surface area contributed by atoms with Crippen LogP contribution in [-0.2, 0) is 6.42 Å². The largest absolute Gasteiger partial charge is 0.335 e. The number of anilines is 1. The van der Waals surface area contributed by atoms with Crippen molar-refractivity contribution < 1.29 is 9.32 Å². The minimum atomic E-state index is -0.0389. The molecule has 1 aliphatic rings. The molecule has 0 saturated heterocycles. The van der Waals surface area contributed by atoms with E-state index in [-0.39, 0.29) is 5.91 Å². The van der Waals surface area contributed by atoms with Crippen molar-refractivity contribution in [3.8, 4) is 11.3 Å². The quantitative estimate of drug-likeness (QED) is 0.510.